The zero-order valence-electron chi connectivity index (χ0n) is 13.0. The van der Waals surface area contributed by atoms with Gasteiger partial charge in [-0.2, -0.15) is 0 Å². The third kappa shape index (κ3) is 10.1. The molecule has 0 aromatic heterocycles. The van der Waals surface area contributed by atoms with Crippen LogP contribution in [0.3, 0.4) is 0 Å². The van der Waals surface area contributed by atoms with Crippen molar-refractivity contribution in [1.82, 2.24) is 10.6 Å². The minimum absolute atomic E-state index is 0.0176. The van der Waals surface area contributed by atoms with Gasteiger partial charge in [0.1, 0.15) is 11.8 Å². The molecule has 24 heavy (non-hydrogen) atoms. The lowest BCUT2D eigenvalue weighted by Crippen LogP contribution is -2.43. The number of nitrogens with two attached hydrogens (primary N) is 2. The largest absolute Gasteiger partial charge is 0.370 e. The average molecular weight is 354 g/mol. The molecular weight excluding hydrogens is 336 g/mol. The Hall–Kier alpha value is -2.64. The van der Waals surface area contributed by atoms with Gasteiger partial charge in [-0.25, -0.2) is 0 Å². The van der Waals surface area contributed by atoms with Gasteiger partial charge in [-0.15, -0.1) is 0 Å². The summed E-state index contributed by atoms with van der Waals surface area (Å²) in [6.45, 7) is 0.949. The molecule has 6 N–H and O–H groups in total. The van der Waals surface area contributed by atoms with Crippen LogP contribution in [-0.2, 0) is 24.0 Å². The highest BCUT2D eigenvalue weighted by molar-refractivity contribution is 7.80. The highest BCUT2D eigenvalue weighted by Gasteiger charge is 2.19. The second-order valence-electron chi connectivity index (χ2n) is 4.70. The Morgan fingerprint density at radius 2 is 1.79 bits per heavy atom. The number of carbonyl (C=O) groups excluding carboxylic acids is 5. The summed E-state index contributed by atoms with van der Waals surface area (Å²) in [7, 11) is 0. The van der Waals surface area contributed by atoms with Gasteiger partial charge < -0.3 is 22.1 Å². The standard InChI is InChI=1S/C14H18N4O5S/c1-8(19)6-14(24)18-12(22)5-3-10(20)9(2-4-11(16)21)17-13(23)7-15/h9H,2,4,6-7,15H2,1H3,(H2,16,21)(H,17,23)(H,18,22,24)/t9-/m0/s1. The number of nitrogens with one attached hydrogen (secondary N) is 2. The van der Waals surface area contributed by atoms with Crippen LogP contribution >= 0.6 is 12.2 Å². The number of Topliss-reactive ketones (excluding diaryl/α,β-unsaturated/α-hetero) is 2. The molecule has 1 atom stereocenters. The van der Waals surface area contributed by atoms with Crippen molar-refractivity contribution >= 4 is 46.5 Å². The third-order valence-electron chi connectivity index (χ3n) is 2.48. The van der Waals surface area contributed by atoms with Crippen LogP contribution in [0.25, 0.3) is 0 Å². The molecule has 0 rings (SSSR count). The molecule has 0 aliphatic heterocycles. The fourth-order valence-electron chi connectivity index (χ4n) is 1.44. The second-order valence-corrected chi connectivity index (χ2v) is 5.19. The maximum atomic E-state index is 11.9. The van der Waals surface area contributed by atoms with Crippen molar-refractivity contribution in [2.45, 2.75) is 32.2 Å². The smallest absolute Gasteiger partial charge is 0.301 e. The normalized spacial score (nSPS) is 10.6. The van der Waals surface area contributed by atoms with Crippen LogP contribution in [-0.4, -0.2) is 46.9 Å². The number of ketones is 2. The van der Waals surface area contributed by atoms with E-state index < -0.39 is 29.5 Å². The van der Waals surface area contributed by atoms with Crippen molar-refractivity contribution in [3.63, 3.8) is 0 Å². The van der Waals surface area contributed by atoms with E-state index in [4.69, 9.17) is 23.7 Å². The highest BCUT2D eigenvalue weighted by atomic mass is 32.1. The van der Waals surface area contributed by atoms with Gasteiger partial charge in [-0.3, -0.25) is 24.0 Å². The van der Waals surface area contributed by atoms with Crippen LogP contribution in [0.2, 0.25) is 0 Å². The summed E-state index contributed by atoms with van der Waals surface area (Å²) in [5, 5.41) is 4.46. The lowest BCUT2D eigenvalue weighted by Gasteiger charge is -2.13. The monoisotopic (exact) mass is 354 g/mol. The molecule has 0 radical (unpaired) electrons. The Kier molecular flexibility index (Phi) is 9.77. The van der Waals surface area contributed by atoms with Gasteiger partial charge in [-0.05, 0) is 19.3 Å². The zero-order valence-corrected chi connectivity index (χ0v) is 13.8. The minimum atomic E-state index is -1.11. The van der Waals surface area contributed by atoms with Crippen LogP contribution in [0.5, 0.6) is 0 Å². The number of rotatable bonds is 8. The predicted molar refractivity (Wildman–Crippen MR) is 88.2 cm³/mol. The average Bonchev–Trinajstić information content (AvgIpc) is 2.47. The first kappa shape index (κ1) is 21.4. The van der Waals surface area contributed by atoms with Gasteiger partial charge in [0.25, 0.3) is 0 Å². The van der Waals surface area contributed by atoms with E-state index in [-0.39, 0.29) is 36.6 Å². The molecule has 9 nitrogen and oxygen atoms in total. The zero-order chi connectivity index (χ0) is 18.7. The molecule has 0 heterocycles. The Morgan fingerprint density at radius 1 is 1.17 bits per heavy atom. The van der Waals surface area contributed by atoms with E-state index >= 15 is 0 Å². The van der Waals surface area contributed by atoms with Gasteiger partial charge in [0.2, 0.25) is 17.6 Å². The Bertz CT molecular complexity index is 620. The van der Waals surface area contributed by atoms with E-state index in [0.29, 0.717) is 0 Å². The van der Waals surface area contributed by atoms with E-state index in [1.54, 1.807) is 0 Å². The van der Waals surface area contributed by atoms with E-state index in [9.17, 15) is 24.0 Å². The van der Waals surface area contributed by atoms with Crippen LogP contribution in [0.15, 0.2) is 0 Å². The number of hydrogen-bond donors (Lipinski definition) is 4. The maximum Gasteiger partial charge on any atom is 0.301 e. The van der Waals surface area contributed by atoms with E-state index in [1.165, 1.54) is 6.92 Å². The second kappa shape index (κ2) is 11.0. The van der Waals surface area contributed by atoms with Crippen LogP contribution in [0.4, 0.5) is 0 Å². The van der Waals surface area contributed by atoms with Crippen molar-refractivity contribution in [2.24, 2.45) is 11.5 Å². The first-order valence-corrected chi connectivity index (χ1v) is 7.23. The first-order chi connectivity index (χ1) is 11.1. The molecule has 0 unspecified atom stereocenters. The summed E-state index contributed by atoms with van der Waals surface area (Å²) in [6.07, 6.45) is -0.346. The van der Waals surface area contributed by atoms with Gasteiger partial charge in [0, 0.05) is 12.3 Å². The molecule has 3 amide bonds. The quantitative estimate of drug-likeness (QED) is 0.216. The third-order valence-corrected chi connectivity index (χ3v) is 2.72. The molecule has 10 heteroatoms. The topological polar surface area (TPSA) is 161 Å². The van der Waals surface area contributed by atoms with E-state index in [2.05, 4.69) is 10.6 Å². The number of carbonyl (C=O) groups is 5. The Balaban J connectivity index is 4.82. The fourth-order valence-corrected chi connectivity index (χ4v) is 1.74. The molecule has 0 spiro atoms. The van der Waals surface area contributed by atoms with Crippen molar-refractivity contribution in [3.8, 4) is 11.8 Å². The van der Waals surface area contributed by atoms with Crippen molar-refractivity contribution in [2.75, 3.05) is 6.54 Å². The molecule has 0 aliphatic carbocycles. The Labute approximate surface area is 143 Å². The molecule has 0 saturated heterocycles. The lowest BCUT2D eigenvalue weighted by molar-refractivity contribution is -0.125. The van der Waals surface area contributed by atoms with E-state index in [1.807, 2.05) is 11.8 Å². The summed E-state index contributed by atoms with van der Waals surface area (Å²) in [5.41, 5.74) is 10.1. The van der Waals surface area contributed by atoms with Gasteiger partial charge in [0.05, 0.1) is 18.0 Å². The van der Waals surface area contributed by atoms with Crippen molar-refractivity contribution < 1.29 is 24.0 Å². The summed E-state index contributed by atoms with van der Waals surface area (Å²) in [4.78, 5) is 56.3. The molecule has 0 bridgehead atoms. The summed E-state index contributed by atoms with van der Waals surface area (Å²) < 4.78 is 0. The van der Waals surface area contributed by atoms with Crippen molar-refractivity contribution in [3.05, 3.63) is 0 Å². The number of amides is 3. The molecule has 0 saturated carbocycles. The molecular formula is C14H18N4O5S. The number of primary amides is 1. The van der Waals surface area contributed by atoms with Gasteiger partial charge in [-0.1, -0.05) is 12.2 Å². The maximum absolute atomic E-state index is 11.9. The van der Waals surface area contributed by atoms with Crippen LogP contribution in [0.1, 0.15) is 26.2 Å². The SMILES string of the molecule is CC(=O)CC(=S)NC(=O)C#CC(=O)[C@H](CCC(N)=O)NC(=O)CN. The van der Waals surface area contributed by atoms with Gasteiger partial charge >= 0.3 is 5.91 Å². The predicted octanol–water partition coefficient (Wildman–Crippen LogP) is -2.31. The molecule has 0 aromatic carbocycles. The van der Waals surface area contributed by atoms with E-state index in [0.717, 1.165) is 0 Å². The minimum Gasteiger partial charge on any atom is -0.370 e. The summed E-state index contributed by atoms with van der Waals surface area (Å²) >= 11 is 4.75. The number of thiocarbonyl (C=S) groups is 1. The highest BCUT2D eigenvalue weighted by Crippen LogP contribution is 1.98. The molecule has 0 fully saturated rings. The Morgan fingerprint density at radius 3 is 2.29 bits per heavy atom. The first-order valence-electron chi connectivity index (χ1n) is 6.82. The summed E-state index contributed by atoms with van der Waals surface area (Å²) in [5.74, 6) is 0.875. The lowest BCUT2D eigenvalue weighted by atomic mass is 10.1. The fraction of sp³-hybridized carbons (Fsp3) is 0.429. The van der Waals surface area contributed by atoms with Crippen LogP contribution in [0, 0.1) is 11.8 Å². The van der Waals surface area contributed by atoms with Crippen LogP contribution < -0.4 is 22.1 Å². The van der Waals surface area contributed by atoms with Crippen molar-refractivity contribution in [1.29, 1.82) is 0 Å². The molecule has 0 aliphatic rings. The number of hydrogen-bond acceptors (Lipinski definition) is 7. The summed E-state index contributed by atoms with van der Waals surface area (Å²) in [6, 6.07) is -1.11. The molecule has 0 aromatic rings. The van der Waals surface area contributed by atoms with Gasteiger partial charge in [0.15, 0.2) is 0 Å². The molecule has 130 valence electrons.